The fourth-order valence-electron chi connectivity index (χ4n) is 2.12. The van der Waals surface area contributed by atoms with Gasteiger partial charge in [0.25, 0.3) is 5.91 Å². The van der Waals surface area contributed by atoms with Gasteiger partial charge in [0.1, 0.15) is 4.88 Å². The molecule has 0 spiro atoms. The zero-order valence-electron chi connectivity index (χ0n) is 12.2. The number of rotatable bonds is 4. The number of nitrogens with one attached hydrogen (secondary N) is 1. The third-order valence-electron chi connectivity index (χ3n) is 3.26. The van der Waals surface area contributed by atoms with Gasteiger partial charge in [-0.1, -0.05) is 11.3 Å². The highest BCUT2D eigenvalue weighted by Gasteiger charge is 2.22. The molecular formula is C12H17N7O2S. The SMILES string of the molecule is CNc1nc(CN)n(-c2ncc(C(=O)N3CCOCC3)s2)n1. The van der Waals surface area contributed by atoms with Gasteiger partial charge in [0.2, 0.25) is 11.1 Å². The van der Waals surface area contributed by atoms with Crippen molar-refractivity contribution in [2.75, 3.05) is 38.7 Å². The molecule has 9 nitrogen and oxygen atoms in total. The molecule has 10 heteroatoms. The van der Waals surface area contributed by atoms with Crippen LogP contribution < -0.4 is 11.1 Å². The predicted molar refractivity (Wildman–Crippen MR) is 81.2 cm³/mol. The Bertz CT molecular complexity index is 662. The lowest BCUT2D eigenvalue weighted by Gasteiger charge is -2.26. The molecule has 0 atom stereocenters. The zero-order chi connectivity index (χ0) is 15.5. The largest absolute Gasteiger partial charge is 0.378 e. The molecule has 2 aromatic rings. The summed E-state index contributed by atoms with van der Waals surface area (Å²) in [6.07, 6.45) is 1.57. The van der Waals surface area contributed by atoms with Crippen LogP contribution in [0.15, 0.2) is 6.20 Å². The minimum atomic E-state index is -0.0321. The number of carbonyl (C=O) groups is 1. The van der Waals surface area contributed by atoms with Gasteiger partial charge in [0.05, 0.1) is 26.0 Å². The van der Waals surface area contributed by atoms with Crippen LogP contribution in [-0.4, -0.2) is 63.9 Å². The number of nitrogens with two attached hydrogens (primary N) is 1. The van der Waals surface area contributed by atoms with E-state index >= 15 is 0 Å². The number of morpholine rings is 1. The summed E-state index contributed by atoms with van der Waals surface area (Å²) in [7, 11) is 1.73. The first kappa shape index (κ1) is 14.9. The van der Waals surface area contributed by atoms with E-state index in [0.29, 0.717) is 48.1 Å². The highest BCUT2D eigenvalue weighted by Crippen LogP contribution is 2.21. The number of anilines is 1. The molecule has 22 heavy (non-hydrogen) atoms. The quantitative estimate of drug-likeness (QED) is 0.794. The van der Waals surface area contributed by atoms with Gasteiger partial charge in [0, 0.05) is 20.1 Å². The van der Waals surface area contributed by atoms with Crippen LogP contribution in [0.3, 0.4) is 0 Å². The smallest absolute Gasteiger partial charge is 0.265 e. The lowest BCUT2D eigenvalue weighted by molar-refractivity contribution is 0.0306. The third-order valence-corrected chi connectivity index (χ3v) is 4.22. The third kappa shape index (κ3) is 2.80. The number of hydrogen-bond acceptors (Lipinski definition) is 8. The van der Waals surface area contributed by atoms with Crippen LogP contribution in [0.4, 0.5) is 5.95 Å². The number of amides is 1. The maximum absolute atomic E-state index is 12.4. The van der Waals surface area contributed by atoms with Gasteiger partial charge in [-0.25, -0.2) is 4.98 Å². The monoisotopic (exact) mass is 323 g/mol. The van der Waals surface area contributed by atoms with Gasteiger partial charge >= 0.3 is 0 Å². The molecule has 1 saturated heterocycles. The first-order valence-corrected chi connectivity index (χ1v) is 7.71. The summed E-state index contributed by atoms with van der Waals surface area (Å²) in [6.45, 7) is 2.59. The molecule has 0 aliphatic carbocycles. The molecule has 1 aliphatic heterocycles. The number of thiazole rings is 1. The van der Waals surface area contributed by atoms with Crippen molar-refractivity contribution in [2.24, 2.45) is 5.73 Å². The van der Waals surface area contributed by atoms with Crippen LogP contribution in [0.2, 0.25) is 0 Å². The summed E-state index contributed by atoms with van der Waals surface area (Å²) in [5.41, 5.74) is 5.68. The predicted octanol–water partition coefficient (Wildman–Crippen LogP) is -0.303. The topological polar surface area (TPSA) is 111 Å². The van der Waals surface area contributed by atoms with Crippen LogP contribution >= 0.6 is 11.3 Å². The fraction of sp³-hybridized carbons (Fsp3) is 0.500. The summed E-state index contributed by atoms with van der Waals surface area (Å²) in [4.78, 5) is 23.3. The molecule has 118 valence electrons. The highest BCUT2D eigenvalue weighted by molar-refractivity contribution is 7.16. The summed E-state index contributed by atoms with van der Waals surface area (Å²) in [5.74, 6) is 1.02. The van der Waals surface area contributed by atoms with Crippen LogP contribution in [-0.2, 0) is 11.3 Å². The lowest BCUT2D eigenvalue weighted by atomic mass is 10.4. The molecule has 3 N–H and O–H groups in total. The van der Waals surface area contributed by atoms with Crippen molar-refractivity contribution in [3.63, 3.8) is 0 Å². The zero-order valence-corrected chi connectivity index (χ0v) is 13.0. The second-order valence-corrected chi connectivity index (χ2v) is 5.64. The van der Waals surface area contributed by atoms with Gasteiger partial charge in [0.15, 0.2) is 5.82 Å². The van der Waals surface area contributed by atoms with E-state index in [4.69, 9.17) is 10.5 Å². The number of hydrogen-bond donors (Lipinski definition) is 2. The number of nitrogens with zero attached hydrogens (tertiary/aromatic N) is 5. The normalized spacial score (nSPS) is 15.1. The summed E-state index contributed by atoms with van der Waals surface area (Å²) >= 11 is 1.28. The van der Waals surface area contributed by atoms with E-state index in [1.54, 1.807) is 22.8 Å². The Kier molecular flexibility index (Phi) is 4.32. The number of ether oxygens (including phenoxy) is 1. The van der Waals surface area contributed by atoms with Gasteiger partial charge in [-0.05, 0) is 0 Å². The molecule has 1 fully saturated rings. The summed E-state index contributed by atoms with van der Waals surface area (Å²) < 4.78 is 6.82. The van der Waals surface area contributed by atoms with Gasteiger partial charge < -0.3 is 20.7 Å². The van der Waals surface area contributed by atoms with Crippen LogP contribution in [0.25, 0.3) is 5.13 Å². The van der Waals surface area contributed by atoms with E-state index in [1.165, 1.54) is 11.3 Å². The van der Waals surface area contributed by atoms with Gasteiger partial charge in [-0.15, -0.1) is 5.10 Å². The molecule has 3 rings (SSSR count). The second kappa shape index (κ2) is 6.38. The van der Waals surface area contributed by atoms with E-state index in [-0.39, 0.29) is 12.5 Å². The van der Waals surface area contributed by atoms with Gasteiger partial charge in [-0.2, -0.15) is 9.67 Å². The Hall–Kier alpha value is -2.04. The van der Waals surface area contributed by atoms with Crippen LogP contribution in [0.5, 0.6) is 0 Å². The van der Waals surface area contributed by atoms with Gasteiger partial charge in [-0.3, -0.25) is 4.79 Å². The van der Waals surface area contributed by atoms with Crippen molar-refractivity contribution >= 4 is 23.2 Å². The molecule has 2 aromatic heterocycles. The minimum absolute atomic E-state index is 0.0321. The fourth-order valence-corrected chi connectivity index (χ4v) is 2.98. The molecule has 3 heterocycles. The van der Waals surface area contributed by atoms with E-state index in [0.717, 1.165) is 0 Å². The average molecular weight is 323 g/mol. The Morgan fingerprint density at radius 2 is 2.27 bits per heavy atom. The Balaban J connectivity index is 1.84. The molecule has 0 unspecified atom stereocenters. The lowest BCUT2D eigenvalue weighted by Crippen LogP contribution is -2.40. The van der Waals surface area contributed by atoms with E-state index in [1.807, 2.05) is 0 Å². The molecular weight excluding hydrogens is 306 g/mol. The molecule has 0 saturated carbocycles. The van der Waals surface area contributed by atoms with E-state index < -0.39 is 0 Å². The van der Waals surface area contributed by atoms with Crippen LogP contribution in [0, 0.1) is 0 Å². The Labute approximate surface area is 131 Å². The van der Waals surface area contributed by atoms with Crippen molar-refractivity contribution in [3.05, 3.63) is 16.9 Å². The van der Waals surface area contributed by atoms with Crippen molar-refractivity contribution in [1.82, 2.24) is 24.6 Å². The summed E-state index contributed by atoms with van der Waals surface area (Å²) in [5, 5.41) is 7.71. The number of carbonyl (C=O) groups excluding carboxylic acids is 1. The second-order valence-electron chi connectivity index (χ2n) is 4.63. The first-order chi connectivity index (χ1) is 10.7. The first-order valence-electron chi connectivity index (χ1n) is 6.90. The Morgan fingerprint density at radius 1 is 1.50 bits per heavy atom. The maximum atomic E-state index is 12.4. The molecule has 0 radical (unpaired) electrons. The number of aromatic nitrogens is 4. The van der Waals surface area contributed by atoms with E-state index in [2.05, 4.69) is 20.4 Å². The standard InChI is InChI=1S/C12H17N7O2S/c1-14-11-16-9(6-13)19(17-11)12-15-7-8(22-12)10(20)18-2-4-21-5-3-18/h7H,2-6,13H2,1H3,(H,14,17). The molecule has 0 bridgehead atoms. The van der Waals surface area contributed by atoms with Crippen molar-refractivity contribution in [2.45, 2.75) is 6.54 Å². The molecule has 1 amide bonds. The maximum Gasteiger partial charge on any atom is 0.265 e. The molecule has 1 aliphatic rings. The van der Waals surface area contributed by atoms with Crippen LogP contribution in [0.1, 0.15) is 15.5 Å². The summed E-state index contributed by atoms with van der Waals surface area (Å²) in [6, 6.07) is 0. The van der Waals surface area contributed by atoms with Crippen molar-refractivity contribution < 1.29 is 9.53 Å². The van der Waals surface area contributed by atoms with Crippen molar-refractivity contribution in [3.8, 4) is 5.13 Å². The highest BCUT2D eigenvalue weighted by atomic mass is 32.1. The van der Waals surface area contributed by atoms with E-state index in [9.17, 15) is 4.79 Å². The Morgan fingerprint density at radius 3 is 2.95 bits per heavy atom. The minimum Gasteiger partial charge on any atom is -0.378 e. The average Bonchev–Trinajstić information content (AvgIpc) is 3.21. The van der Waals surface area contributed by atoms with Crippen molar-refractivity contribution in [1.29, 1.82) is 0 Å². The molecule has 0 aromatic carbocycles.